The molecule has 2 aromatic rings. The number of nitrogens with zero attached hydrogens (tertiary/aromatic N) is 2. The van der Waals surface area contributed by atoms with Gasteiger partial charge in [-0.05, 0) is 28.1 Å². The number of aromatic carboxylic acids is 1. The van der Waals surface area contributed by atoms with Gasteiger partial charge < -0.3 is 5.11 Å². The Bertz CT molecular complexity index is 478. The lowest BCUT2D eigenvalue weighted by molar-refractivity contribution is 0.0698. The monoisotopic (exact) mass is 240 g/mol. The molecule has 2 rings (SSSR count). The van der Waals surface area contributed by atoms with E-state index in [1.54, 1.807) is 22.7 Å². The highest BCUT2D eigenvalue weighted by molar-refractivity contribution is 9.10. The Morgan fingerprint density at radius 1 is 1.62 bits per heavy atom. The smallest absolute Gasteiger partial charge is 0.339 e. The molecule has 0 aliphatic heterocycles. The van der Waals surface area contributed by atoms with E-state index in [0.29, 0.717) is 10.3 Å². The Labute approximate surface area is 82.0 Å². The van der Waals surface area contributed by atoms with Gasteiger partial charge in [0.1, 0.15) is 5.56 Å². The molecule has 0 fully saturated rings. The maximum Gasteiger partial charge on any atom is 0.339 e. The molecule has 0 spiro atoms. The maximum atomic E-state index is 10.8. The minimum absolute atomic E-state index is 0.202. The van der Waals surface area contributed by atoms with Crippen molar-refractivity contribution in [2.24, 2.45) is 0 Å². The molecule has 5 heteroatoms. The van der Waals surface area contributed by atoms with Crippen molar-refractivity contribution in [3.63, 3.8) is 0 Å². The summed E-state index contributed by atoms with van der Waals surface area (Å²) < 4.78 is 2.27. The second-order valence-corrected chi connectivity index (χ2v) is 3.22. The van der Waals surface area contributed by atoms with E-state index in [9.17, 15) is 4.79 Å². The molecule has 66 valence electrons. The fraction of sp³-hybridized carbons (Fsp3) is 0. The molecule has 0 unspecified atom stereocenters. The van der Waals surface area contributed by atoms with Gasteiger partial charge in [-0.2, -0.15) is 0 Å². The molecular weight excluding hydrogens is 236 g/mol. The lowest BCUT2D eigenvalue weighted by atomic mass is 10.3. The van der Waals surface area contributed by atoms with Gasteiger partial charge in [0.05, 0.1) is 5.52 Å². The van der Waals surface area contributed by atoms with Gasteiger partial charge >= 0.3 is 5.97 Å². The Kier molecular flexibility index (Phi) is 1.81. The van der Waals surface area contributed by atoms with Crippen LogP contribution in [0.1, 0.15) is 10.4 Å². The number of fused-ring (bicyclic) bond motifs is 1. The van der Waals surface area contributed by atoms with Gasteiger partial charge in [0, 0.05) is 12.4 Å². The van der Waals surface area contributed by atoms with Crippen molar-refractivity contribution < 1.29 is 9.90 Å². The van der Waals surface area contributed by atoms with Crippen LogP contribution in [-0.2, 0) is 0 Å². The summed E-state index contributed by atoms with van der Waals surface area (Å²) >= 11 is 3.22. The Morgan fingerprint density at radius 3 is 3.08 bits per heavy atom. The van der Waals surface area contributed by atoms with E-state index in [0.717, 1.165) is 0 Å². The molecule has 0 saturated heterocycles. The van der Waals surface area contributed by atoms with Crippen LogP contribution in [0.5, 0.6) is 0 Å². The Balaban J connectivity index is 2.86. The zero-order chi connectivity index (χ0) is 9.42. The average Bonchev–Trinajstić information content (AvgIpc) is 2.53. The largest absolute Gasteiger partial charge is 0.478 e. The first-order valence-corrected chi connectivity index (χ1v) is 4.34. The number of carbonyl (C=O) groups is 1. The van der Waals surface area contributed by atoms with Crippen LogP contribution in [0.25, 0.3) is 5.52 Å². The molecule has 4 nitrogen and oxygen atoms in total. The molecule has 0 atom stereocenters. The summed E-state index contributed by atoms with van der Waals surface area (Å²) in [5, 5.41) is 8.82. The standard InChI is InChI=1S/C8H5BrN2O2/c9-8-10-4-5(7(12)13)6-2-1-3-11(6)8/h1-4H,(H,12,13). The van der Waals surface area contributed by atoms with Crippen LogP contribution in [0.15, 0.2) is 29.3 Å². The van der Waals surface area contributed by atoms with Gasteiger partial charge in [-0.1, -0.05) is 0 Å². The van der Waals surface area contributed by atoms with Crippen molar-refractivity contribution in [3.05, 3.63) is 34.8 Å². The molecule has 0 aliphatic rings. The summed E-state index contributed by atoms with van der Waals surface area (Å²) in [6.45, 7) is 0. The molecule has 0 amide bonds. The molecule has 0 bridgehead atoms. The van der Waals surface area contributed by atoms with Crippen molar-refractivity contribution in [2.75, 3.05) is 0 Å². The number of halogens is 1. The van der Waals surface area contributed by atoms with Crippen LogP contribution in [0.3, 0.4) is 0 Å². The normalized spacial score (nSPS) is 10.5. The fourth-order valence-corrected chi connectivity index (χ4v) is 1.58. The third-order valence-electron chi connectivity index (χ3n) is 1.75. The lowest BCUT2D eigenvalue weighted by Gasteiger charge is -2.00. The van der Waals surface area contributed by atoms with Crippen molar-refractivity contribution >= 4 is 27.4 Å². The minimum Gasteiger partial charge on any atom is -0.478 e. The maximum absolute atomic E-state index is 10.8. The summed E-state index contributed by atoms with van der Waals surface area (Å²) in [4.78, 5) is 14.7. The number of hydrogen-bond acceptors (Lipinski definition) is 2. The number of carboxylic acids is 1. The van der Waals surface area contributed by atoms with Crippen LogP contribution in [0.2, 0.25) is 0 Å². The van der Waals surface area contributed by atoms with Crippen LogP contribution in [0.4, 0.5) is 0 Å². The number of rotatable bonds is 1. The Morgan fingerprint density at radius 2 is 2.38 bits per heavy atom. The summed E-state index contributed by atoms with van der Waals surface area (Å²) in [5.41, 5.74) is 0.836. The molecular formula is C8H5BrN2O2. The van der Waals surface area contributed by atoms with Crippen LogP contribution in [-0.4, -0.2) is 20.5 Å². The van der Waals surface area contributed by atoms with Gasteiger partial charge in [0.25, 0.3) is 0 Å². The zero-order valence-corrected chi connectivity index (χ0v) is 8.02. The second kappa shape index (κ2) is 2.85. The molecule has 2 heterocycles. The molecule has 0 radical (unpaired) electrons. The third-order valence-corrected chi connectivity index (χ3v) is 2.34. The summed E-state index contributed by atoms with van der Waals surface area (Å²) in [7, 11) is 0. The van der Waals surface area contributed by atoms with Gasteiger partial charge in [-0.25, -0.2) is 9.78 Å². The fourth-order valence-electron chi connectivity index (χ4n) is 1.17. The summed E-state index contributed by atoms with van der Waals surface area (Å²) in [5.74, 6) is -0.969. The van der Waals surface area contributed by atoms with Crippen molar-refractivity contribution in [3.8, 4) is 0 Å². The lowest BCUT2D eigenvalue weighted by Crippen LogP contribution is -2.01. The van der Waals surface area contributed by atoms with Gasteiger partial charge in [-0.15, -0.1) is 0 Å². The summed E-state index contributed by atoms with van der Waals surface area (Å²) in [6, 6.07) is 3.50. The van der Waals surface area contributed by atoms with E-state index in [2.05, 4.69) is 20.9 Å². The highest BCUT2D eigenvalue weighted by atomic mass is 79.9. The van der Waals surface area contributed by atoms with Crippen molar-refractivity contribution in [1.82, 2.24) is 9.38 Å². The van der Waals surface area contributed by atoms with Crippen LogP contribution >= 0.6 is 15.9 Å². The molecule has 13 heavy (non-hydrogen) atoms. The topological polar surface area (TPSA) is 54.6 Å². The van der Waals surface area contributed by atoms with Gasteiger partial charge in [0.15, 0.2) is 4.73 Å². The molecule has 2 aromatic heterocycles. The van der Waals surface area contributed by atoms with Crippen molar-refractivity contribution in [2.45, 2.75) is 0 Å². The third kappa shape index (κ3) is 1.21. The van der Waals surface area contributed by atoms with Gasteiger partial charge in [0.2, 0.25) is 0 Å². The molecule has 1 N–H and O–H groups in total. The summed E-state index contributed by atoms with van der Waals surface area (Å²) in [6.07, 6.45) is 3.08. The highest BCUT2D eigenvalue weighted by Gasteiger charge is 2.10. The van der Waals surface area contributed by atoms with Gasteiger partial charge in [-0.3, -0.25) is 4.40 Å². The number of hydrogen-bond donors (Lipinski definition) is 1. The van der Waals surface area contributed by atoms with E-state index in [1.165, 1.54) is 6.20 Å². The SMILES string of the molecule is O=C(O)c1cnc(Br)n2cccc12. The van der Waals surface area contributed by atoms with E-state index >= 15 is 0 Å². The highest BCUT2D eigenvalue weighted by Crippen LogP contribution is 2.15. The van der Waals surface area contributed by atoms with E-state index in [4.69, 9.17) is 5.11 Å². The second-order valence-electron chi connectivity index (χ2n) is 2.51. The average molecular weight is 241 g/mol. The first-order valence-electron chi connectivity index (χ1n) is 3.55. The molecule has 0 aromatic carbocycles. The molecule has 0 saturated carbocycles. The molecule has 0 aliphatic carbocycles. The van der Waals surface area contributed by atoms with Crippen LogP contribution < -0.4 is 0 Å². The first-order chi connectivity index (χ1) is 6.20. The van der Waals surface area contributed by atoms with E-state index in [-0.39, 0.29) is 5.56 Å². The predicted octanol–water partition coefficient (Wildman–Crippen LogP) is 1.79. The minimum atomic E-state index is -0.969. The quantitative estimate of drug-likeness (QED) is 0.774. The predicted molar refractivity (Wildman–Crippen MR) is 49.9 cm³/mol. The Hall–Kier alpha value is -1.36. The number of aromatic nitrogens is 2. The van der Waals surface area contributed by atoms with Crippen molar-refractivity contribution in [1.29, 1.82) is 0 Å². The zero-order valence-electron chi connectivity index (χ0n) is 6.44. The van der Waals surface area contributed by atoms with E-state index < -0.39 is 5.97 Å². The van der Waals surface area contributed by atoms with Crippen LogP contribution in [0, 0.1) is 0 Å². The number of carboxylic acid groups (broad SMARTS) is 1. The first kappa shape index (κ1) is 8.25. The van der Waals surface area contributed by atoms with E-state index in [1.807, 2.05) is 0 Å².